The lowest BCUT2D eigenvalue weighted by atomic mass is 9.92. The van der Waals surface area contributed by atoms with Crippen LogP contribution in [0, 0.1) is 0 Å². The van der Waals surface area contributed by atoms with Crippen molar-refractivity contribution in [2.24, 2.45) is 0 Å². The highest BCUT2D eigenvalue weighted by Crippen LogP contribution is 2.36. The Labute approximate surface area is 132 Å². The molecule has 2 aromatic carbocycles. The van der Waals surface area contributed by atoms with Crippen molar-refractivity contribution < 1.29 is 39.6 Å². The maximum atomic E-state index is 11.3. The maximum absolute atomic E-state index is 11.3. The molecule has 8 N–H and O–H groups in total. The number of aromatic carboxylic acids is 4. The molecule has 0 aliphatic heterocycles. The van der Waals surface area contributed by atoms with Crippen LogP contribution >= 0.6 is 0 Å². The molecule has 0 saturated heterocycles. The van der Waals surface area contributed by atoms with Gasteiger partial charge in [-0.15, -0.1) is 0 Å². The van der Waals surface area contributed by atoms with Crippen molar-refractivity contribution in [3.8, 4) is 0 Å². The van der Waals surface area contributed by atoms with Crippen molar-refractivity contribution in [1.82, 2.24) is 0 Å². The number of carbonyl (C=O) groups is 4. The number of hydrogen-bond acceptors (Lipinski definition) is 6. The Morgan fingerprint density at radius 2 is 0.917 bits per heavy atom. The largest absolute Gasteiger partial charge is 0.478 e. The topological polar surface area (TPSA) is 201 Å². The molecule has 124 valence electrons. The lowest BCUT2D eigenvalue weighted by Crippen LogP contribution is -2.15. The number of anilines is 2. The van der Waals surface area contributed by atoms with Gasteiger partial charge in [0.15, 0.2) is 0 Å². The van der Waals surface area contributed by atoms with Crippen molar-refractivity contribution in [1.29, 1.82) is 0 Å². The van der Waals surface area contributed by atoms with Crippen LogP contribution in [0.5, 0.6) is 0 Å². The molecule has 0 aromatic heterocycles. The van der Waals surface area contributed by atoms with Crippen molar-refractivity contribution in [3.05, 3.63) is 34.4 Å². The summed E-state index contributed by atoms with van der Waals surface area (Å²) in [6.45, 7) is 0. The predicted molar refractivity (Wildman–Crippen MR) is 80.6 cm³/mol. The zero-order valence-electron chi connectivity index (χ0n) is 11.7. The molecule has 24 heavy (non-hydrogen) atoms. The first-order valence-electron chi connectivity index (χ1n) is 6.19. The molecule has 2 aromatic rings. The molecule has 2 rings (SSSR count). The van der Waals surface area contributed by atoms with Gasteiger partial charge in [0.1, 0.15) is 0 Å². The fourth-order valence-corrected chi connectivity index (χ4v) is 2.39. The SMILES string of the molecule is Nc1c(C(=O)O)c(C(=O)O)cc2c(N)c(C(=O)O)c(C(=O)O)cc12. The summed E-state index contributed by atoms with van der Waals surface area (Å²) in [5.74, 6) is -6.49. The second-order valence-electron chi connectivity index (χ2n) is 4.74. The monoisotopic (exact) mass is 334 g/mol. The number of nitrogen functional groups attached to an aromatic ring is 2. The minimum atomic E-state index is -1.63. The van der Waals surface area contributed by atoms with Gasteiger partial charge in [0.25, 0.3) is 0 Å². The smallest absolute Gasteiger partial charge is 0.338 e. The Morgan fingerprint density at radius 3 is 1.12 bits per heavy atom. The fourth-order valence-electron chi connectivity index (χ4n) is 2.39. The molecule has 0 radical (unpaired) electrons. The van der Waals surface area contributed by atoms with Crippen LogP contribution in [-0.2, 0) is 0 Å². The van der Waals surface area contributed by atoms with E-state index in [-0.39, 0.29) is 10.8 Å². The van der Waals surface area contributed by atoms with Crippen molar-refractivity contribution in [3.63, 3.8) is 0 Å². The first kappa shape index (κ1) is 16.5. The summed E-state index contributed by atoms with van der Waals surface area (Å²) in [5, 5.41) is 36.3. The van der Waals surface area contributed by atoms with E-state index in [2.05, 4.69) is 0 Å². The molecule has 10 nitrogen and oxygen atoms in total. The van der Waals surface area contributed by atoms with E-state index in [1.165, 1.54) is 0 Å². The van der Waals surface area contributed by atoms with E-state index in [0.29, 0.717) is 0 Å². The van der Waals surface area contributed by atoms with Gasteiger partial charge >= 0.3 is 23.9 Å². The molecule has 10 heteroatoms. The van der Waals surface area contributed by atoms with E-state index >= 15 is 0 Å². The van der Waals surface area contributed by atoms with Gasteiger partial charge < -0.3 is 31.9 Å². The third-order valence-corrected chi connectivity index (χ3v) is 3.41. The molecule has 0 bridgehead atoms. The Hall–Kier alpha value is -3.82. The van der Waals surface area contributed by atoms with Gasteiger partial charge in [-0.25, -0.2) is 19.2 Å². The number of carboxylic acid groups (broad SMARTS) is 4. The molecular weight excluding hydrogens is 324 g/mol. The summed E-state index contributed by atoms with van der Waals surface area (Å²) in [5.41, 5.74) is 7.44. The average molecular weight is 334 g/mol. The van der Waals surface area contributed by atoms with Crippen LogP contribution in [0.15, 0.2) is 12.1 Å². The van der Waals surface area contributed by atoms with Gasteiger partial charge in [-0.2, -0.15) is 0 Å². The van der Waals surface area contributed by atoms with Gasteiger partial charge in [0, 0.05) is 10.8 Å². The summed E-state index contributed by atoms with van der Waals surface area (Å²) in [4.78, 5) is 45.1. The zero-order chi connectivity index (χ0) is 18.3. The van der Waals surface area contributed by atoms with Gasteiger partial charge in [-0.3, -0.25) is 0 Å². The molecule has 0 saturated carbocycles. The van der Waals surface area contributed by atoms with Crippen LogP contribution in [0.3, 0.4) is 0 Å². The minimum absolute atomic E-state index is 0.169. The van der Waals surface area contributed by atoms with E-state index in [1.54, 1.807) is 0 Å². The first-order valence-corrected chi connectivity index (χ1v) is 6.19. The first-order chi connectivity index (χ1) is 11.1. The minimum Gasteiger partial charge on any atom is -0.478 e. The van der Waals surface area contributed by atoms with Crippen molar-refractivity contribution in [2.45, 2.75) is 0 Å². The number of rotatable bonds is 4. The highest BCUT2D eigenvalue weighted by molar-refractivity contribution is 6.19. The highest BCUT2D eigenvalue weighted by atomic mass is 16.4. The third kappa shape index (κ3) is 2.31. The molecular formula is C14H10N2O8. The normalized spacial score (nSPS) is 10.5. The Kier molecular flexibility index (Phi) is 3.74. The summed E-state index contributed by atoms with van der Waals surface area (Å²) in [7, 11) is 0. The molecule has 0 atom stereocenters. The van der Waals surface area contributed by atoms with Crippen molar-refractivity contribution >= 4 is 46.0 Å². The van der Waals surface area contributed by atoms with Crippen molar-refractivity contribution in [2.75, 3.05) is 11.5 Å². The summed E-state index contributed by atoms with van der Waals surface area (Å²) in [6, 6.07) is 1.70. The Balaban J connectivity index is 3.13. The van der Waals surface area contributed by atoms with E-state index in [0.717, 1.165) is 12.1 Å². The zero-order valence-corrected chi connectivity index (χ0v) is 11.7. The van der Waals surface area contributed by atoms with Crippen LogP contribution in [-0.4, -0.2) is 44.3 Å². The quantitative estimate of drug-likeness (QED) is 0.434. The Morgan fingerprint density at radius 1 is 0.625 bits per heavy atom. The van der Waals surface area contributed by atoms with Gasteiger partial charge in [-0.05, 0) is 12.1 Å². The maximum Gasteiger partial charge on any atom is 0.338 e. The lowest BCUT2D eigenvalue weighted by Gasteiger charge is -2.14. The van der Waals surface area contributed by atoms with Crippen LogP contribution < -0.4 is 11.5 Å². The van der Waals surface area contributed by atoms with Gasteiger partial charge in [-0.1, -0.05) is 0 Å². The lowest BCUT2D eigenvalue weighted by molar-refractivity contribution is 0.0652. The standard InChI is InChI=1S/C14H10N2O8/c15-9-3-1-5(11(17)18)7(13(21)22)10(16)4(3)2-6(12(19)20)8(9)14(23)24/h1-2H,15-16H2,(H,17,18)(H,19,20)(H,21,22)(H,23,24). The van der Waals surface area contributed by atoms with E-state index in [1.807, 2.05) is 0 Å². The highest BCUT2D eigenvalue weighted by Gasteiger charge is 2.27. The molecule has 0 aliphatic rings. The second-order valence-corrected chi connectivity index (χ2v) is 4.74. The van der Waals surface area contributed by atoms with Crippen LogP contribution in [0.2, 0.25) is 0 Å². The summed E-state index contributed by atoms with van der Waals surface area (Å²) < 4.78 is 0. The molecule has 0 heterocycles. The molecule has 0 spiro atoms. The van der Waals surface area contributed by atoms with Gasteiger partial charge in [0.2, 0.25) is 0 Å². The van der Waals surface area contributed by atoms with Crippen LogP contribution in [0.25, 0.3) is 10.8 Å². The fraction of sp³-hybridized carbons (Fsp3) is 0. The molecule has 0 fully saturated rings. The predicted octanol–water partition coefficient (Wildman–Crippen LogP) is 0.797. The average Bonchev–Trinajstić information content (AvgIpc) is 2.45. The molecule has 0 amide bonds. The van der Waals surface area contributed by atoms with E-state index in [4.69, 9.17) is 31.9 Å². The second kappa shape index (κ2) is 5.43. The van der Waals surface area contributed by atoms with Crippen LogP contribution in [0.4, 0.5) is 11.4 Å². The number of benzene rings is 2. The molecule has 0 aliphatic carbocycles. The summed E-state index contributed by atoms with van der Waals surface area (Å²) in [6.07, 6.45) is 0. The van der Waals surface area contributed by atoms with E-state index < -0.39 is 57.5 Å². The van der Waals surface area contributed by atoms with E-state index in [9.17, 15) is 19.2 Å². The molecule has 0 unspecified atom stereocenters. The van der Waals surface area contributed by atoms with Crippen LogP contribution in [0.1, 0.15) is 41.4 Å². The number of nitrogens with two attached hydrogens (primary N) is 2. The Bertz CT molecular complexity index is 871. The number of hydrogen-bond donors (Lipinski definition) is 6. The third-order valence-electron chi connectivity index (χ3n) is 3.41. The van der Waals surface area contributed by atoms with Gasteiger partial charge in [0.05, 0.1) is 33.6 Å². The number of carboxylic acids is 4. The summed E-state index contributed by atoms with van der Waals surface area (Å²) >= 11 is 0. The number of fused-ring (bicyclic) bond motifs is 1.